The molecule has 1 atom stereocenters. The molecule has 0 saturated carbocycles. The second kappa shape index (κ2) is 8.39. The summed E-state index contributed by atoms with van der Waals surface area (Å²) in [6, 6.07) is 18.2. The molecule has 0 fully saturated rings. The van der Waals surface area contributed by atoms with Gasteiger partial charge < -0.3 is 9.47 Å². The van der Waals surface area contributed by atoms with Crippen LogP contribution in [0.3, 0.4) is 0 Å². The summed E-state index contributed by atoms with van der Waals surface area (Å²) in [4.78, 5) is 33.8. The first-order chi connectivity index (χ1) is 15.9. The van der Waals surface area contributed by atoms with Crippen LogP contribution in [-0.4, -0.2) is 31.8 Å². The van der Waals surface area contributed by atoms with Gasteiger partial charge in [0.1, 0.15) is 0 Å². The maximum atomic E-state index is 13.6. The summed E-state index contributed by atoms with van der Waals surface area (Å²) < 4.78 is 4.87. The molecule has 1 aliphatic rings. The van der Waals surface area contributed by atoms with E-state index in [0.717, 1.165) is 36.6 Å². The summed E-state index contributed by atoms with van der Waals surface area (Å²) in [7, 11) is 1.70. The highest BCUT2D eigenvalue weighted by molar-refractivity contribution is 5.75. The Bertz CT molecular complexity index is 1430. The van der Waals surface area contributed by atoms with E-state index >= 15 is 0 Å². The van der Waals surface area contributed by atoms with E-state index in [9.17, 15) is 9.59 Å². The lowest BCUT2D eigenvalue weighted by atomic mass is 10.1. The summed E-state index contributed by atoms with van der Waals surface area (Å²) in [5.41, 5.74) is 3.65. The van der Waals surface area contributed by atoms with Crippen LogP contribution in [0.25, 0.3) is 11.2 Å². The van der Waals surface area contributed by atoms with Crippen molar-refractivity contribution in [2.45, 2.75) is 33.4 Å². The smallest absolute Gasteiger partial charge is 0.332 e. The average Bonchev–Trinajstić information content (AvgIpc) is 3.20. The number of aromatic nitrogens is 4. The molecule has 0 spiro atoms. The first-order valence-electron chi connectivity index (χ1n) is 11.5. The van der Waals surface area contributed by atoms with Gasteiger partial charge in [-0.2, -0.15) is 4.98 Å². The molecular formula is C26H29N5O2. The first-order valence-corrected chi connectivity index (χ1v) is 11.5. The molecule has 33 heavy (non-hydrogen) atoms. The monoisotopic (exact) mass is 443 g/mol. The Kier molecular flexibility index (Phi) is 5.40. The van der Waals surface area contributed by atoms with Gasteiger partial charge >= 0.3 is 5.69 Å². The van der Waals surface area contributed by atoms with Crippen LogP contribution in [0.5, 0.6) is 0 Å². The Morgan fingerprint density at radius 2 is 1.73 bits per heavy atom. The minimum Gasteiger partial charge on any atom is -0.342 e. The maximum Gasteiger partial charge on any atom is 0.332 e. The molecule has 4 aromatic rings. The summed E-state index contributed by atoms with van der Waals surface area (Å²) in [5, 5.41) is 0. The van der Waals surface area contributed by atoms with Crippen molar-refractivity contribution in [2.24, 2.45) is 13.0 Å². The molecule has 0 aliphatic carbocycles. The molecular weight excluding hydrogens is 414 g/mol. The van der Waals surface area contributed by atoms with Crippen molar-refractivity contribution in [1.82, 2.24) is 18.7 Å². The van der Waals surface area contributed by atoms with Gasteiger partial charge in [-0.25, -0.2) is 4.79 Å². The van der Waals surface area contributed by atoms with Crippen molar-refractivity contribution < 1.29 is 0 Å². The molecule has 0 N–H and O–H groups in total. The fraction of sp³-hybridized carbons (Fsp3) is 0.346. The third-order valence-electron chi connectivity index (χ3n) is 6.62. The maximum absolute atomic E-state index is 13.6. The Hall–Kier alpha value is -3.61. The molecule has 7 heteroatoms. The van der Waals surface area contributed by atoms with Crippen molar-refractivity contribution in [3.05, 3.63) is 92.1 Å². The SMILES string of the molecule is Cc1ccccc1Cn1c(=O)c2c(nc3n2C[C@H](C)CN3CCc2ccccc2)n(C)c1=O. The van der Waals surface area contributed by atoms with Crippen LogP contribution in [0.4, 0.5) is 5.95 Å². The zero-order valence-corrected chi connectivity index (χ0v) is 19.4. The Morgan fingerprint density at radius 1 is 1.00 bits per heavy atom. The molecule has 2 aromatic carbocycles. The van der Waals surface area contributed by atoms with Gasteiger partial charge in [-0.3, -0.25) is 13.9 Å². The summed E-state index contributed by atoms with van der Waals surface area (Å²) >= 11 is 0. The normalized spacial score (nSPS) is 15.7. The van der Waals surface area contributed by atoms with Gasteiger partial charge in [-0.15, -0.1) is 0 Å². The first kappa shape index (κ1) is 21.2. The quantitative estimate of drug-likeness (QED) is 0.476. The topological polar surface area (TPSA) is 65.1 Å². The van der Waals surface area contributed by atoms with Crippen molar-refractivity contribution in [3.8, 4) is 0 Å². The van der Waals surface area contributed by atoms with Crippen LogP contribution in [0.1, 0.15) is 23.6 Å². The second-order valence-corrected chi connectivity index (χ2v) is 9.14. The zero-order chi connectivity index (χ0) is 23.1. The van der Waals surface area contributed by atoms with Gasteiger partial charge in [0.05, 0.1) is 6.54 Å². The van der Waals surface area contributed by atoms with Crippen LogP contribution < -0.4 is 16.1 Å². The van der Waals surface area contributed by atoms with Gasteiger partial charge in [0, 0.05) is 26.7 Å². The highest BCUT2D eigenvalue weighted by atomic mass is 16.2. The third kappa shape index (κ3) is 3.77. The third-order valence-corrected chi connectivity index (χ3v) is 6.62. The number of rotatable bonds is 5. The number of aryl methyl sites for hydroxylation is 2. The highest BCUT2D eigenvalue weighted by Crippen LogP contribution is 2.27. The Balaban J connectivity index is 1.60. The van der Waals surface area contributed by atoms with E-state index in [1.54, 1.807) is 7.05 Å². The van der Waals surface area contributed by atoms with Gasteiger partial charge in [0.2, 0.25) is 5.95 Å². The van der Waals surface area contributed by atoms with Gasteiger partial charge in [-0.05, 0) is 36.0 Å². The van der Waals surface area contributed by atoms with Crippen LogP contribution >= 0.6 is 0 Å². The fourth-order valence-corrected chi connectivity index (χ4v) is 4.80. The molecule has 0 unspecified atom stereocenters. The lowest BCUT2D eigenvalue weighted by Crippen LogP contribution is -2.41. The predicted molar refractivity (Wildman–Crippen MR) is 131 cm³/mol. The van der Waals surface area contributed by atoms with E-state index in [-0.39, 0.29) is 17.8 Å². The molecule has 3 heterocycles. The zero-order valence-electron chi connectivity index (χ0n) is 19.4. The van der Waals surface area contributed by atoms with E-state index < -0.39 is 0 Å². The van der Waals surface area contributed by atoms with E-state index in [4.69, 9.17) is 4.98 Å². The Labute approximate surface area is 192 Å². The van der Waals surface area contributed by atoms with Crippen molar-refractivity contribution >= 4 is 17.1 Å². The molecule has 5 rings (SSSR count). The van der Waals surface area contributed by atoms with Crippen LogP contribution in [0, 0.1) is 12.8 Å². The Morgan fingerprint density at radius 3 is 2.48 bits per heavy atom. The average molecular weight is 444 g/mol. The lowest BCUT2D eigenvalue weighted by Gasteiger charge is -2.33. The molecule has 170 valence electrons. The fourth-order valence-electron chi connectivity index (χ4n) is 4.80. The standard InChI is InChI=1S/C26H29N5O2/c1-18-15-29(14-13-20-10-5-4-6-11-20)25-27-23-22(30(25)16-18)24(32)31(26(33)28(23)3)17-21-12-8-7-9-19(21)2/h4-12,18H,13-17H2,1-3H3/t18-/m1/s1. The molecule has 2 aromatic heterocycles. The summed E-state index contributed by atoms with van der Waals surface area (Å²) in [6.45, 7) is 6.84. The predicted octanol–water partition coefficient (Wildman–Crippen LogP) is 2.95. The minimum atomic E-state index is -0.338. The van der Waals surface area contributed by atoms with Gasteiger partial charge in [-0.1, -0.05) is 61.5 Å². The number of imidazole rings is 1. The van der Waals surface area contributed by atoms with E-state index in [1.165, 1.54) is 14.7 Å². The van der Waals surface area contributed by atoms with Crippen molar-refractivity contribution in [3.63, 3.8) is 0 Å². The summed E-state index contributed by atoms with van der Waals surface area (Å²) in [6.07, 6.45) is 0.896. The number of hydrogen-bond donors (Lipinski definition) is 0. The van der Waals surface area contributed by atoms with Crippen LogP contribution in [-0.2, 0) is 26.6 Å². The van der Waals surface area contributed by atoms with Gasteiger partial charge in [0.15, 0.2) is 11.2 Å². The lowest BCUT2D eigenvalue weighted by molar-refractivity contribution is 0.437. The molecule has 0 amide bonds. The van der Waals surface area contributed by atoms with Gasteiger partial charge in [0.25, 0.3) is 5.56 Å². The number of benzene rings is 2. The molecule has 0 radical (unpaired) electrons. The molecule has 7 nitrogen and oxygen atoms in total. The number of fused-ring (bicyclic) bond motifs is 3. The van der Waals surface area contributed by atoms with Crippen LogP contribution in [0.15, 0.2) is 64.2 Å². The van der Waals surface area contributed by atoms with Crippen LogP contribution in [0.2, 0.25) is 0 Å². The molecule has 0 saturated heterocycles. The minimum absolute atomic E-state index is 0.252. The summed E-state index contributed by atoms with van der Waals surface area (Å²) in [5.74, 6) is 1.15. The second-order valence-electron chi connectivity index (χ2n) is 9.14. The van der Waals surface area contributed by atoms with Crippen molar-refractivity contribution in [2.75, 3.05) is 18.0 Å². The largest absolute Gasteiger partial charge is 0.342 e. The number of nitrogens with zero attached hydrogens (tertiary/aromatic N) is 5. The van der Waals surface area contributed by atoms with E-state index in [2.05, 4.69) is 36.1 Å². The highest BCUT2D eigenvalue weighted by Gasteiger charge is 2.28. The number of hydrogen-bond acceptors (Lipinski definition) is 4. The number of anilines is 1. The van der Waals surface area contributed by atoms with Crippen molar-refractivity contribution in [1.29, 1.82) is 0 Å². The van der Waals surface area contributed by atoms with E-state index in [0.29, 0.717) is 23.6 Å². The van der Waals surface area contributed by atoms with E-state index in [1.807, 2.05) is 41.8 Å². The molecule has 1 aliphatic heterocycles. The molecule has 0 bridgehead atoms.